The van der Waals surface area contributed by atoms with Crippen molar-refractivity contribution in [3.8, 4) is 5.75 Å². The van der Waals surface area contributed by atoms with Gasteiger partial charge in [-0.3, -0.25) is 9.79 Å². The second-order valence-electron chi connectivity index (χ2n) is 7.71. The molecule has 9 nitrogen and oxygen atoms in total. The minimum atomic E-state index is -0.793. The van der Waals surface area contributed by atoms with E-state index in [2.05, 4.69) is 15.3 Å². The summed E-state index contributed by atoms with van der Waals surface area (Å²) in [4.78, 5) is 30.8. The number of carbonyl (C=O) groups is 1. The van der Waals surface area contributed by atoms with E-state index < -0.39 is 17.3 Å². The van der Waals surface area contributed by atoms with Gasteiger partial charge in [0.15, 0.2) is 6.54 Å². The van der Waals surface area contributed by atoms with Crippen LogP contribution in [0, 0.1) is 5.82 Å². The van der Waals surface area contributed by atoms with E-state index in [0.717, 1.165) is 15.0 Å². The predicted octanol–water partition coefficient (Wildman–Crippen LogP) is 1.68. The van der Waals surface area contributed by atoms with Crippen molar-refractivity contribution in [1.29, 1.82) is 0 Å². The highest BCUT2D eigenvalue weighted by atomic mass is 19.1. The molecular formula is C26H22FN5O4. The Balaban J connectivity index is 1.67. The third-order valence-corrected chi connectivity index (χ3v) is 5.24. The molecule has 0 spiro atoms. The maximum atomic E-state index is 13.2. The van der Waals surface area contributed by atoms with Gasteiger partial charge in [-0.15, -0.1) is 4.68 Å². The lowest BCUT2D eigenvalue weighted by molar-refractivity contribution is -0.745. The van der Waals surface area contributed by atoms with Crippen LogP contribution in [0.15, 0.2) is 93.8 Å². The van der Waals surface area contributed by atoms with E-state index in [4.69, 9.17) is 4.74 Å². The number of aliphatic imine (C=N–C) groups is 1. The lowest BCUT2D eigenvalue weighted by atomic mass is 10.1. The standard InChI is InChI=1S/C26H22FN5O4/c1-36-22-13-9-20(10-14-22)23(33)17-31-24(25(34)28-15-18-5-3-2-4-6-18)26(35)32(30-31)29-16-19-7-11-21(27)12-8-19/h2-14,16H,15,17H2,1H3,(H-,28,30,34,35)/b29-16+. The lowest BCUT2D eigenvalue weighted by Gasteiger charge is -2.07. The normalized spacial score (nSPS) is 11.7. The molecule has 10 heteroatoms. The fourth-order valence-corrected chi connectivity index (χ4v) is 3.33. The number of H-pyrrole nitrogens is 1. The minimum absolute atomic E-state index is 0.0650. The van der Waals surface area contributed by atoms with Crippen LogP contribution in [0.3, 0.4) is 0 Å². The molecule has 0 saturated carbocycles. The molecule has 36 heavy (non-hydrogen) atoms. The first kappa shape index (κ1) is 24.3. The summed E-state index contributed by atoms with van der Waals surface area (Å²) in [5.74, 6) is -0.967. The Morgan fingerprint density at radius 3 is 2.44 bits per heavy atom. The second-order valence-corrected chi connectivity index (χ2v) is 7.71. The molecule has 0 saturated heterocycles. The SMILES string of the molecule is COc1ccc(C(=O)C[n+]2[nH]n(/N=C/c3ccc(F)cc3)c(=O)c2C([O-])=NCc2ccccc2)cc1. The van der Waals surface area contributed by atoms with Gasteiger partial charge in [-0.2, -0.15) is 0 Å². The van der Waals surface area contributed by atoms with Gasteiger partial charge < -0.3 is 9.84 Å². The van der Waals surface area contributed by atoms with Crippen molar-refractivity contribution in [3.05, 3.63) is 117 Å². The van der Waals surface area contributed by atoms with Gasteiger partial charge in [0, 0.05) is 16.3 Å². The molecule has 0 fully saturated rings. The van der Waals surface area contributed by atoms with Crippen molar-refractivity contribution in [3.63, 3.8) is 0 Å². The van der Waals surface area contributed by atoms with Gasteiger partial charge in [-0.1, -0.05) is 52.8 Å². The molecule has 3 aromatic carbocycles. The number of nitrogens with one attached hydrogen (secondary N) is 1. The van der Waals surface area contributed by atoms with Gasteiger partial charge in [-0.25, -0.2) is 9.18 Å². The summed E-state index contributed by atoms with van der Waals surface area (Å²) >= 11 is 0. The number of rotatable bonds is 9. The summed E-state index contributed by atoms with van der Waals surface area (Å²) in [6.45, 7) is -0.266. The third kappa shape index (κ3) is 5.79. The fraction of sp³-hybridized carbons (Fsp3) is 0.115. The van der Waals surface area contributed by atoms with Crippen LogP contribution in [0.2, 0.25) is 0 Å². The molecule has 182 valence electrons. The number of carbonyl (C=O) groups excluding carboxylic acids is 1. The molecule has 4 aromatic rings. The number of benzene rings is 3. The van der Waals surface area contributed by atoms with Crippen LogP contribution in [0.1, 0.15) is 27.2 Å². The van der Waals surface area contributed by atoms with E-state index in [1.165, 1.54) is 37.6 Å². The first-order chi connectivity index (χ1) is 17.4. The average Bonchev–Trinajstić information content (AvgIpc) is 3.22. The van der Waals surface area contributed by atoms with Crippen molar-refractivity contribution < 1.29 is 23.7 Å². The summed E-state index contributed by atoms with van der Waals surface area (Å²) in [7, 11) is 1.52. The number of aromatic amines is 1. The molecule has 0 radical (unpaired) electrons. The number of methoxy groups -OCH3 is 1. The summed E-state index contributed by atoms with van der Waals surface area (Å²) in [5.41, 5.74) is 0.561. The van der Waals surface area contributed by atoms with Gasteiger partial charge >= 0.3 is 5.56 Å². The van der Waals surface area contributed by atoms with E-state index in [9.17, 15) is 19.1 Å². The van der Waals surface area contributed by atoms with Crippen LogP contribution in [0.25, 0.3) is 0 Å². The monoisotopic (exact) mass is 487 g/mol. The largest absolute Gasteiger partial charge is 0.856 e. The zero-order valence-electron chi connectivity index (χ0n) is 19.3. The van der Waals surface area contributed by atoms with Gasteiger partial charge in [-0.05, 0) is 47.5 Å². The molecule has 0 amide bonds. The molecule has 4 rings (SSSR count). The lowest BCUT2D eigenvalue weighted by Crippen LogP contribution is -2.49. The zero-order valence-corrected chi connectivity index (χ0v) is 19.3. The van der Waals surface area contributed by atoms with Crippen LogP contribution in [0.4, 0.5) is 4.39 Å². The number of ether oxygens (including phenoxy) is 1. The zero-order chi connectivity index (χ0) is 25.5. The molecule has 0 bridgehead atoms. The number of ketones is 1. The Kier molecular flexibility index (Phi) is 7.45. The Labute approximate surface area is 205 Å². The maximum absolute atomic E-state index is 13.2. The van der Waals surface area contributed by atoms with Gasteiger partial charge in [0.2, 0.25) is 5.78 Å². The molecule has 1 aromatic heterocycles. The topological polar surface area (TPSA) is 116 Å². The van der Waals surface area contributed by atoms with Crippen LogP contribution in [0.5, 0.6) is 5.75 Å². The summed E-state index contributed by atoms with van der Waals surface area (Å²) in [6, 6.07) is 21.0. The van der Waals surface area contributed by atoms with E-state index in [1.54, 1.807) is 36.4 Å². The highest BCUT2D eigenvalue weighted by Crippen LogP contribution is 2.11. The molecule has 0 aliphatic carbocycles. The van der Waals surface area contributed by atoms with Crippen LogP contribution >= 0.6 is 0 Å². The average molecular weight is 487 g/mol. The highest BCUT2D eigenvalue weighted by molar-refractivity contribution is 5.95. The molecule has 0 aliphatic heterocycles. The van der Waals surface area contributed by atoms with Crippen molar-refractivity contribution in [2.45, 2.75) is 13.1 Å². The predicted molar refractivity (Wildman–Crippen MR) is 129 cm³/mol. The van der Waals surface area contributed by atoms with Gasteiger partial charge in [0.25, 0.3) is 5.69 Å². The molecule has 1 N–H and O–H groups in total. The number of aromatic nitrogens is 3. The van der Waals surface area contributed by atoms with Crippen LogP contribution < -0.4 is 20.1 Å². The maximum Gasteiger partial charge on any atom is 0.427 e. The first-order valence-corrected chi connectivity index (χ1v) is 10.9. The first-order valence-electron chi connectivity index (χ1n) is 10.9. The fourth-order valence-electron chi connectivity index (χ4n) is 3.33. The van der Waals surface area contributed by atoms with Gasteiger partial charge in [0.1, 0.15) is 11.6 Å². The number of halogens is 1. The Bertz CT molecular complexity index is 1460. The minimum Gasteiger partial charge on any atom is -0.856 e. The Morgan fingerprint density at radius 1 is 1.08 bits per heavy atom. The number of hydrogen-bond donors (Lipinski definition) is 1. The molecule has 0 atom stereocenters. The smallest absolute Gasteiger partial charge is 0.427 e. The second kappa shape index (κ2) is 11.0. The number of Topliss-reactive ketones (excluding diaryl/α,β-unsaturated/α-hetero) is 1. The summed E-state index contributed by atoms with van der Waals surface area (Å²) < 4.78 is 19.4. The van der Waals surface area contributed by atoms with Crippen molar-refractivity contribution in [2.75, 3.05) is 7.11 Å². The quantitative estimate of drug-likeness (QED) is 0.167. The third-order valence-electron chi connectivity index (χ3n) is 5.24. The molecule has 1 heterocycles. The summed E-state index contributed by atoms with van der Waals surface area (Å²) in [5, 5.41) is 19.6. The van der Waals surface area contributed by atoms with Gasteiger partial charge in [0.05, 0.1) is 19.9 Å². The Hall–Kier alpha value is -4.86. The van der Waals surface area contributed by atoms with Crippen LogP contribution in [-0.4, -0.2) is 35.0 Å². The van der Waals surface area contributed by atoms with E-state index in [0.29, 0.717) is 16.9 Å². The van der Waals surface area contributed by atoms with E-state index in [1.807, 2.05) is 18.2 Å². The molecule has 0 unspecified atom stereocenters. The summed E-state index contributed by atoms with van der Waals surface area (Å²) in [6.07, 6.45) is 1.32. The van der Waals surface area contributed by atoms with Crippen molar-refractivity contribution in [1.82, 2.24) is 10.0 Å². The van der Waals surface area contributed by atoms with Crippen molar-refractivity contribution in [2.24, 2.45) is 10.1 Å². The van der Waals surface area contributed by atoms with E-state index >= 15 is 0 Å². The van der Waals surface area contributed by atoms with E-state index in [-0.39, 0.29) is 24.6 Å². The molecule has 0 aliphatic rings. The number of nitrogens with zero attached hydrogens (tertiary/aromatic N) is 4. The highest BCUT2D eigenvalue weighted by Gasteiger charge is 2.24. The number of hydrogen-bond acceptors (Lipinski definition) is 6. The van der Waals surface area contributed by atoms with Crippen LogP contribution in [-0.2, 0) is 13.1 Å². The molecular weight excluding hydrogens is 465 g/mol. The van der Waals surface area contributed by atoms with Crippen molar-refractivity contribution >= 4 is 17.9 Å². The Morgan fingerprint density at radius 2 is 1.78 bits per heavy atom.